The van der Waals surface area contributed by atoms with E-state index >= 15 is 0 Å². The van der Waals surface area contributed by atoms with Crippen LogP contribution in [-0.4, -0.2) is 55.0 Å². The van der Waals surface area contributed by atoms with Crippen molar-refractivity contribution >= 4 is 5.91 Å². The third kappa shape index (κ3) is 5.13. The van der Waals surface area contributed by atoms with Crippen molar-refractivity contribution < 1.29 is 27.1 Å². The number of benzene rings is 1. The Labute approximate surface area is 174 Å². The van der Waals surface area contributed by atoms with Gasteiger partial charge in [-0.05, 0) is 32.0 Å². The van der Waals surface area contributed by atoms with Gasteiger partial charge in [0.05, 0.1) is 42.1 Å². The highest BCUT2D eigenvalue weighted by Crippen LogP contribution is 2.27. The number of carbonyl (C=O) groups is 1. The van der Waals surface area contributed by atoms with Crippen LogP contribution in [0.15, 0.2) is 43.0 Å². The summed E-state index contributed by atoms with van der Waals surface area (Å²) >= 11 is 0. The first-order valence-electron chi connectivity index (χ1n) is 9.20. The van der Waals surface area contributed by atoms with Gasteiger partial charge in [0.1, 0.15) is 12.4 Å². The Morgan fingerprint density at radius 2 is 1.90 bits per heavy atom. The summed E-state index contributed by atoms with van der Waals surface area (Å²) < 4.78 is 57.0. The van der Waals surface area contributed by atoms with E-state index in [2.05, 4.69) is 20.2 Å². The van der Waals surface area contributed by atoms with Gasteiger partial charge in [-0.15, -0.1) is 0 Å². The van der Waals surface area contributed by atoms with Crippen LogP contribution in [0.2, 0.25) is 0 Å². The molecule has 0 saturated carbocycles. The summed E-state index contributed by atoms with van der Waals surface area (Å²) in [7, 11) is 0. The number of alkyl halides is 3. The molecule has 2 heterocycles. The Balaban J connectivity index is 1.74. The molecule has 0 spiro atoms. The van der Waals surface area contributed by atoms with Gasteiger partial charge >= 0.3 is 6.18 Å². The minimum atomic E-state index is -4.60. The van der Waals surface area contributed by atoms with E-state index in [1.165, 1.54) is 34.2 Å². The van der Waals surface area contributed by atoms with E-state index < -0.39 is 29.6 Å². The maximum absolute atomic E-state index is 13.9. The lowest BCUT2D eigenvalue weighted by Gasteiger charge is -2.28. The van der Waals surface area contributed by atoms with Crippen LogP contribution in [0.4, 0.5) is 17.6 Å². The molecule has 0 bridgehead atoms. The fraction of sp³-hybridized carbons (Fsp3) is 0.316. The lowest BCUT2D eigenvalue weighted by atomic mass is 10.1. The van der Waals surface area contributed by atoms with Crippen molar-refractivity contribution in [1.82, 2.24) is 29.9 Å². The largest absolute Gasteiger partial charge is 0.474 e. The Hall–Kier alpha value is -3.57. The van der Waals surface area contributed by atoms with E-state index in [0.29, 0.717) is 11.9 Å². The van der Waals surface area contributed by atoms with Crippen LogP contribution in [0, 0.1) is 5.82 Å². The molecule has 0 fully saturated rings. The Kier molecular flexibility index (Phi) is 6.47. The summed E-state index contributed by atoms with van der Waals surface area (Å²) in [5.74, 6) is -1.20. The van der Waals surface area contributed by atoms with Crippen molar-refractivity contribution in [1.29, 1.82) is 0 Å². The molecule has 1 amide bonds. The molecular formula is C19H18F4N6O2. The fourth-order valence-corrected chi connectivity index (χ4v) is 2.84. The van der Waals surface area contributed by atoms with Gasteiger partial charge in [0.25, 0.3) is 5.91 Å². The van der Waals surface area contributed by atoms with Gasteiger partial charge in [0.2, 0.25) is 5.88 Å². The van der Waals surface area contributed by atoms with E-state index in [1.54, 1.807) is 13.8 Å². The number of carbonyl (C=O) groups excluding carboxylic acids is 1. The summed E-state index contributed by atoms with van der Waals surface area (Å²) in [6, 6.07) is 3.18. The molecule has 0 N–H and O–H groups in total. The van der Waals surface area contributed by atoms with Crippen LogP contribution in [-0.2, 0) is 6.18 Å². The second-order valence-electron chi connectivity index (χ2n) is 6.47. The first-order valence-corrected chi connectivity index (χ1v) is 9.20. The minimum absolute atomic E-state index is 0.0548. The zero-order chi connectivity index (χ0) is 22.6. The average molecular weight is 438 g/mol. The summed E-state index contributed by atoms with van der Waals surface area (Å²) in [6.45, 7) is 3.62. The fourth-order valence-electron chi connectivity index (χ4n) is 2.84. The number of nitrogens with zero attached hydrogens (tertiary/aromatic N) is 6. The second-order valence-corrected chi connectivity index (χ2v) is 6.47. The summed E-state index contributed by atoms with van der Waals surface area (Å²) in [6.07, 6.45) is -0.315. The minimum Gasteiger partial charge on any atom is -0.474 e. The maximum Gasteiger partial charge on any atom is 0.434 e. The number of ether oxygens (including phenoxy) is 1. The topological polar surface area (TPSA) is 86.0 Å². The van der Waals surface area contributed by atoms with Gasteiger partial charge in [0, 0.05) is 6.54 Å². The van der Waals surface area contributed by atoms with E-state index in [-0.39, 0.29) is 24.6 Å². The predicted molar refractivity (Wildman–Crippen MR) is 100 cm³/mol. The van der Waals surface area contributed by atoms with Gasteiger partial charge in [0.15, 0.2) is 5.69 Å². The zero-order valence-corrected chi connectivity index (χ0v) is 16.5. The predicted octanol–water partition coefficient (Wildman–Crippen LogP) is 3.14. The molecule has 1 aromatic carbocycles. The lowest BCUT2D eigenvalue weighted by molar-refractivity contribution is -0.141. The Morgan fingerprint density at radius 1 is 1.19 bits per heavy atom. The molecule has 0 aliphatic carbocycles. The average Bonchev–Trinajstić information content (AvgIpc) is 3.27. The Bertz CT molecular complexity index is 1020. The molecule has 12 heteroatoms. The Morgan fingerprint density at radius 3 is 2.48 bits per heavy atom. The van der Waals surface area contributed by atoms with Crippen LogP contribution in [0.1, 0.15) is 29.9 Å². The van der Waals surface area contributed by atoms with Crippen molar-refractivity contribution in [2.45, 2.75) is 26.1 Å². The highest BCUT2D eigenvalue weighted by molar-refractivity contribution is 5.97. The number of rotatable bonds is 7. The molecule has 8 nitrogen and oxygen atoms in total. The van der Waals surface area contributed by atoms with E-state index in [1.807, 2.05) is 0 Å². The number of halogens is 4. The van der Waals surface area contributed by atoms with Crippen molar-refractivity contribution in [2.75, 3.05) is 13.2 Å². The zero-order valence-electron chi connectivity index (χ0n) is 16.5. The molecule has 3 rings (SSSR count). The van der Waals surface area contributed by atoms with Crippen molar-refractivity contribution in [3.63, 3.8) is 0 Å². The van der Waals surface area contributed by atoms with E-state index in [9.17, 15) is 22.4 Å². The molecule has 0 radical (unpaired) electrons. The summed E-state index contributed by atoms with van der Waals surface area (Å²) in [4.78, 5) is 22.6. The van der Waals surface area contributed by atoms with E-state index in [4.69, 9.17) is 4.74 Å². The van der Waals surface area contributed by atoms with Gasteiger partial charge in [-0.25, -0.2) is 14.4 Å². The van der Waals surface area contributed by atoms with Gasteiger partial charge in [-0.3, -0.25) is 4.79 Å². The maximum atomic E-state index is 13.9. The smallest absolute Gasteiger partial charge is 0.434 e. The normalized spacial score (nSPS) is 12.5. The highest BCUT2D eigenvalue weighted by atomic mass is 19.4. The van der Waals surface area contributed by atoms with Crippen LogP contribution >= 0.6 is 0 Å². The lowest BCUT2D eigenvalue weighted by Crippen LogP contribution is -2.42. The van der Waals surface area contributed by atoms with Crippen LogP contribution in [0.25, 0.3) is 5.69 Å². The molecule has 1 atom stereocenters. The van der Waals surface area contributed by atoms with Gasteiger partial charge in [-0.2, -0.15) is 28.2 Å². The standard InChI is InChI=1S/C19H18F4N6O2/c1-3-28(12(2)11-31-17-10-24-16(9-25-17)19(21,22)23)18(30)14-8-13(20)4-5-15(14)29-26-6-7-27-29/h4-10,12H,3,11H2,1-2H3. The van der Waals surface area contributed by atoms with Crippen LogP contribution in [0.5, 0.6) is 5.88 Å². The molecule has 1 unspecified atom stereocenters. The monoisotopic (exact) mass is 438 g/mol. The third-order valence-corrected chi connectivity index (χ3v) is 4.35. The number of aromatic nitrogens is 5. The number of hydrogen-bond donors (Lipinski definition) is 0. The molecule has 0 aliphatic heterocycles. The third-order valence-electron chi connectivity index (χ3n) is 4.35. The first kappa shape index (κ1) is 22.1. The quantitative estimate of drug-likeness (QED) is 0.527. The molecule has 2 aromatic heterocycles. The van der Waals surface area contributed by atoms with Crippen molar-refractivity contribution in [3.05, 3.63) is 60.1 Å². The van der Waals surface area contributed by atoms with Crippen LogP contribution < -0.4 is 4.74 Å². The van der Waals surface area contributed by atoms with Gasteiger partial charge < -0.3 is 9.64 Å². The van der Waals surface area contributed by atoms with Crippen molar-refractivity contribution in [3.8, 4) is 11.6 Å². The molecule has 0 saturated heterocycles. The summed E-state index contributed by atoms with van der Waals surface area (Å²) in [5.41, 5.74) is -0.778. The number of hydrogen-bond acceptors (Lipinski definition) is 6. The van der Waals surface area contributed by atoms with Crippen molar-refractivity contribution in [2.24, 2.45) is 0 Å². The molecule has 31 heavy (non-hydrogen) atoms. The molecule has 164 valence electrons. The SMILES string of the molecule is CCN(C(=O)c1cc(F)ccc1-n1nccn1)C(C)COc1cnc(C(F)(F)F)cn1. The van der Waals surface area contributed by atoms with E-state index in [0.717, 1.165) is 12.3 Å². The molecule has 0 aliphatic rings. The summed E-state index contributed by atoms with van der Waals surface area (Å²) in [5, 5.41) is 7.96. The molecular weight excluding hydrogens is 420 g/mol. The number of likely N-dealkylation sites (N-methyl/N-ethyl adjacent to an activating group) is 1. The first-order chi connectivity index (χ1) is 14.7. The highest BCUT2D eigenvalue weighted by Gasteiger charge is 2.33. The second kappa shape index (κ2) is 9.06. The number of amides is 1. The molecule has 3 aromatic rings. The van der Waals surface area contributed by atoms with Crippen LogP contribution in [0.3, 0.4) is 0 Å². The van der Waals surface area contributed by atoms with Gasteiger partial charge in [-0.1, -0.05) is 0 Å².